The van der Waals surface area contributed by atoms with Crippen LogP contribution in [-0.2, 0) is 25.8 Å². The fraction of sp³-hybridized carbons (Fsp3) is 0. The Morgan fingerprint density at radius 2 is 1.54 bits per heavy atom. The van der Waals surface area contributed by atoms with Gasteiger partial charge in [-0.1, -0.05) is 10.0 Å². The second-order valence-corrected chi connectivity index (χ2v) is 3.00. The number of halogens is 2. The Bertz CT molecular complexity index is 265. The van der Waals surface area contributed by atoms with Gasteiger partial charge >= 0.3 is 0 Å². The van der Waals surface area contributed by atoms with Gasteiger partial charge in [-0.05, 0) is 0 Å². The van der Waals surface area contributed by atoms with E-state index in [4.69, 9.17) is 23.2 Å². The van der Waals surface area contributed by atoms with E-state index in [2.05, 4.69) is 0 Å². The number of hydrogen-bond donors (Lipinski definition) is 0. The van der Waals surface area contributed by atoms with Gasteiger partial charge in [0.05, 0.1) is 0 Å². The predicted molar refractivity (Wildman–Crippen MR) is 54.1 cm³/mol. The molecule has 0 saturated carbocycles. The van der Waals surface area contributed by atoms with E-state index in [0.717, 1.165) is 0 Å². The van der Waals surface area contributed by atoms with Crippen molar-refractivity contribution < 1.29 is 25.8 Å². The maximum Gasteiger partial charge on any atom is 0 e. The summed E-state index contributed by atoms with van der Waals surface area (Å²) in [4.78, 5) is 0. The molecule has 72 valence electrons. The monoisotopic (exact) mass is 378 g/mol. The van der Waals surface area contributed by atoms with Crippen LogP contribution in [-0.4, -0.2) is 0 Å². The largest absolute Gasteiger partial charge is 0.748 e. The van der Waals surface area contributed by atoms with Crippen molar-refractivity contribution in [2.45, 2.75) is 0 Å². The third-order valence-electron chi connectivity index (χ3n) is 1.27. The van der Waals surface area contributed by atoms with E-state index in [0.29, 0.717) is 10.0 Å². The van der Waals surface area contributed by atoms with Gasteiger partial charge in [0, 0.05) is 25.8 Å². The zero-order valence-electron chi connectivity index (χ0n) is 6.87. The molecule has 0 bridgehead atoms. The molecule has 2 aromatic rings. The molecule has 0 spiro atoms. The summed E-state index contributed by atoms with van der Waals surface area (Å²) in [5.74, 6) is 0. The van der Waals surface area contributed by atoms with Gasteiger partial charge in [-0.3, -0.25) is 0 Å². The number of rotatable bonds is 0. The molecule has 0 amide bonds. The second-order valence-electron chi connectivity index (χ2n) is 2.18. The van der Waals surface area contributed by atoms with Crippen LogP contribution in [0.2, 0.25) is 10.0 Å². The van der Waals surface area contributed by atoms with Crippen LogP contribution < -0.4 is 0 Å². The summed E-state index contributed by atoms with van der Waals surface area (Å²) in [6.07, 6.45) is 0. The minimum absolute atomic E-state index is 0. The molecule has 0 nitrogen and oxygen atoms in total. The summed E-state index contributed by atoms with van der Waals surface area (Å²) in [6.45, 7) is 0. The van der Waals surface area contributed by atoms with Crippen molar-refractivity contribution in [1.82, 2.24) is 0 Å². The van der Waals surface area contributed by atoms with E-state index >= 15 is 0 Å². The maximum atomic E-state index is 5.49. The van der Waals surface area contributed by atoms with Gasteiger partial charge in [0.25, 0.3) is 0 Å². The third-order valence-corrected chi connectivity index (χ3v) is 2.02. The molecule has 0 saturated heterocycles. The molecule has 0 aliphatic carbocycles. The SMILES string of the molecule is Clc1ccc[c-]1Cl.[Hf].[cH-]1[cH-][cH-][cH-][cH-]1. The minimum atomic E-state index is 0. The van der Waals surface area contributed by atoms with E-state index in [1.165, 1.54) is 0 Å². The molecule has 2 rings (SSSR count). The molecule has 0 aromatic heterocycles. The summed E-state index contributed by atoms with van der Waals surface area (Å²) in [6, 6.07) is 15.3. The van der Waals surface area contributed by atoms with Crippen LogP contribution in [0.5, 0.6) is 0 Å². The quantitative estimate of drug-likeness (QED) is 0.479. The van der Waals surface area contributed by atoms with Crippen LogP contribution >= 0.6 is 23.2 Å². The topological polar surface area (TPSA) is 0 Å². The van der Waals surface area contributed by atoms with Crippen LogP contribution in [0.1, 0.15) is 0 Å². The first-order valence-corrected chi connectivity index (χ1v) is 4.29. The molecule has 0 aliphatic rings. The van der Waals surface area contributed by atoms with Crippen molar-refractivity contribution in [2.24, 2.45) is 0 Å². The first-order valence-electron chi connectivity index (χ1n) is 3.54. The summed E-state index contributed by atoms with van der Waals surface area (Å²) in [5.41, 5.74) is 0. The Hall–Kier alpha value is 0.150. The minimum Gasteiger partial charge on any atom is -0.748 e. The van der Waals surface area contributed by atoms with Crippen molar-refractivity contribution in [3.63, 3.8) is 0 Å². The second kappa shape index (κ2) is 7.54. The Labute approximate surface area is 107 Å². The summed E-state index contributed by atoms with van der Waals surface area (Å²) >= 11 is 11.0. The Morgan fingerprint density at radius 3 is 1.69 bits per heavy atom. The fourth-order valence-electron chi connectivity index (χ4n) is 0.697. The molecule has 0 aliphatic heterocycles. The average Bonchev–Trinajstić information content (AvgIpc) is 2.67. The first-order chi connectivity index (χ1) is 5.80. The van der Waals surface area contributed by atoms with Crippen LogP contribution in [0.3, 0.4) is 0 Å². The maximum absolute atomic E-state index is 5.49. The Balaban J connectivity index is 0.000000215. The molecule has 13 heavy (non-hydrogen) atoms. The Morgan fingerprint density at radius 1 is 1.08 bits per heavy atom. The zero-order chi connectivity index (χ0) is 8.81. The van der Waals surface area contributed by atoms with Gasteiger partial charge in [0.2, 0.25) is 0 Å². The van der Waals surface area contributed by atoms with Gasteiger partial charge in [-0.2, -0.15) is 23.7 Å². The smallest absolute Gasteiger partial charge is 0 e. The van der Waals surface area contributed by atoms with Gasteiger partial charge in [0.1, 0.15) is 0 Å². The van der Waals surface area contributed by atoms with Crippen LogP contribution in [0.25, 0.3) is 0 Å². The normalized spacial score (nSPS) is 8.15. The molecule has 0 radical (unpaired) electrons. The van der Waals surface area contributed by atoms with Crippen molar-refractivity contribution in [2.75, 3.05) is 0 Å². The molecule has 3 heteroatoms. The van der Waals surface area contributed by atoms with Gasteiger partial charge in [0.15, 0.2) is 0 Å². The molecule has 0 unspecified atom stereocenters. The van der Waals surface area contributed by atoms with Crippen molar-refractivity contribution in [3.05, 3.63) is 58.6 Å². The summed E-state index contributed by atoms with van der Waals surface area (Å²) in [5, 5.41) is 1.25. The zero-order valence-corrected chi connectivity index (χ0v) is 12.0. The molecule has 0 fully saturated rings. The molecule has 0 heterocycles. The molecular formula is C10H8Cl2Hf-6. The van der Waals surface area contributed by atoms with Crippen LogP contribution in [0.15, 0.2) is 48.5 Å². The van der Waals surface area contributed by atoms with Crippen molar-refractivity contribution in [1.29, 1.82) is 0 Å². The molecular weight excluding hydrogens is 370 g/mol. The average molecular weight is 378 g/mol. The van der Waals surface area contributed by atoms with Crippen molar-refractivity contribution in [3.8, 4) is 0 Å². The summed E-state index contributed by atoms with van der Waals surface area (Å²) < 4.78 is 0. The molecule has 0 atom stereocenters. The van der Waals surface area contributed by atoms with E-state index < -0.39 is 0 Å². The molecule has 0 N–H and O–H groups in total. The van der Waals surface area contributed by atoms with Crippen molar-refractivity contribution >= 4 is 23.2 Å². The van der Waals surface area contributed by atoms with Crippen LogP contribution in [0, 0.1) is 0 Å². The molecule has 2 aromatic carbocycles. The van der Waals surface area contributed by atoms with E-state index in [9.17, 15) is 0 Å². The third kappa shape index (κ3) is 5.45. The van der Waals surface area contributed by atoms with Crippen LogP contribution in [0.4, 0.5) is 0 Å². The summed E-state index contributed by atoms with van der Waals surface area (Å²) in [7, 11) is 0. The Kier molecular flexibility index (Phi) is 7.63. The first kappa shape index (κ1) is 13.2. The van der Waals surface area contributed by atoms with Gasteiger partial charge in [-0.15, -0.1) is 11.6 Å². The predicted octanol–water partition coefficient (Wildman–Crippen LogP) is 4.12. The standard InChI is InChI=1S/C5H3Cl2.C5H5.Hf/c6-4-2-1-3-5(4)7;1-2-4-5-3-1;/h1-3H;1-5H;/q-1;-5;. The van der Waals surface area contributed by atoms with Gasteiger partial charge < -0.3 is 30.3 Å². The van der Waals surface area contributed by atoms with E-state index in [1.54, 1.807) is 12.1 Å². The van der Waals surface area contributed by atoms with Gasteiger partial charge in [-0.25, -0.2) is 6.07 Å². The van der Waals surface area contributed by atoms with E-state index in [-0.39, 0.29) is 25.8 Å². The number of hydrogen-bond acceptors (Lipinski definition) is 0. The van der Waals surface area contributed by atoms with E-state index in [1.807, 2.05) is 36.4 Å². The fourth-order valence-corrected chi connectivity index (χ4v) is 0.969.